The minimum absolute atomic E-state index is 0.308. The summed E-state index contributed by atoms with van der Waals surface area (Å²) < 4.78 is 26.6. The van der Waals surface area contributed by atoms with Crippen LogP contribution in [0.2, 0.25) is 0 Å². The Balaban J connectivity index is 1.70. The summed E-state index contributed by atoms with van der Waals surface area (Å²) in [5.74, 6) is -0.659. The molecule has 0 saturated carbocycles. The van der Waals surface area contributed by atoms with Gasteiger partial charge in [-0.1, -0.05) is 0 Å². The highest BCUT2D eigenvalue weighted by molar-refractivity contribution is 5.82. The normalized spacial score (nSPS) is 18.8. The fraction of sp³-hybridized carbons (Fsp3) is 0.483. The second kappa shape index (κ2) is 10.4. The van der Waals surface area contributed by atoms with Gasteiger partial charge in [0.25, 0.3) is 0 Å². The molecule has 9 heteroatoms. The summed E-state index contributed by atoms with van der Waals surface area (Å²) >= 11 is 0. The van der Waals surface area contributed by atoms with Gasteiger partial charge in [0.1, 0.15) is 23.1 Å². The number of ether oxygens (including phenoxy) is 2. The van der Waals surface area contributed by atoms with E-state index in [0.717, 1.165) is 27.7 Å². The second-order valence-electron chi connectivity index (χ2n) is 11.8. The maximum atomic E-state index is 13.5. The molecule has 2 atom stereocenters. The molecule has 1 fully saturated rings. The van der Waals surface area contributed by atoms with Gasteiger partial charge in [-0.15, -0.1) is 0 Å². The van der Waals surface area contributed by atoms with Crippen molar-refractivity contribution in [1.82, 2.24) is 20.0 Å². The number of hydrogen-bond acceptors (Lipinski definition) is 6. The van der Waals surface area contributed by atoms with E-state index in [4.69, 9.17) is 9.47 Å². The lowest BCUT2D eigenvalue weighted by atomic mass is 9.98. The number of aromatic nitrogens is 2. The molecule has 1 aromatic heterocycles. The van der Waals surface area contributed by atoms with Crippen LogP contribution in [0.15, 0.2) is 42.6 Å². The van der Waals surface area contributed by atoms with Gasteiger partial charge in [0.2, 0.25) is 0 Å². The molecule has 204 valence electrons. The molecule has 0 aliphatic carbocycles. The fourth-order valence-corrected chi connectivity index (χ4v) is 4.57. The van der Waals surface area contributed by atoms with Crippen molar-refractivity contribution < 1.29 is 23.5 Å². The van der Waals surface area contributed by atoms with E-state index in [1.165, 1.54) is 12.1 Å². The molecule has 38 heavy (non-hydrogen) atoms. The summed E-state index contributed by atoms with van der Waals surface area (Å²) in [6, 6.07) is 9.28. The molecule has 0 spiro atoms. The highest BCUT2D eigenvalue weighted by Crippen LogP contribution is 2.29. The van der Waals surface area contributed by atoms with Crippen molar-refractivity contribution in [3.63, 3.8) is 0 Å². The van der Waals surface area contributed by atoms with Crippen molar-refractivity contribution in [2.75, 3.05) is 13.1 Å². The SMILES string of the molecule is Cc1cc2c(cnn2-c2ccc(F)cc2)cc1C1CN(C(=O)OC(C)(C)C)CCC(C(=O)OC(C)(C)C)N1. The quantitative estimate of drug-likeness (QED) is 0.459. The predicted octanol–water partition coefficient (Wildman–Crippen LogP) is 5.45. The van der Waals surface area contributed by atoms with Gasteiger partial charge in [0.05, 0.1) is 23.4 Å². The lowest BCUT2D eigenvalue weighted by Gasteiger charge is -2.29. The van der Waals surface area contributed by atoms with Crippen LogP contribution >= 0.6 is 0 Å². The number of fused-ring (bicyclic) bond motifs is 1. The van der Waals surface area contributed by atoms with Crippen LogP contribution < -0.4 is 5.32 Å². The third kappa shape index (κ3) is 6.51. The van der Waals surface area contributed by atoms with Crippen LogP contribution in [0.25, 0.3) is 16.6 Å². The van der Waals surface area contributed by atoms with Crippen molar-refractivity contribution in [3.8, 4) is 5.69 Å². The fourth-order valence-electron chi connectivity index (χ4n) is 4.57. The summed E-state index contributed by atoms with van der Waals surface area (Å²) in [6.07, 6.45) is 1.74. The number of rotatable bonds is 3. The largest absolute Gasteiger partial charge is 0.459 e. The molecule has 0 bridgehead atoms. The van der Waals surface area contributed by atoms with Crippen LogP contribution in [0.5, 0.6) is 0 Å². The van der Waals surface area contributed by atoms with Crippen LogP contribution in [0, 0.1) is 12.7 Å². The first-order valence-corrected chi connectivity index (χ1v) is 12.9. The van der Waals surface area contributed by atoms with Gasteiger partial charge in [0, 0.05) is 18.5 Å². The Morgan fingerprint density at radius 2 is 1.68 bits per heavy atom. The molecule has 1 aliphatic rings. The summed E-state index contributed by atoms with van der Waals surface area (Å²) in [4.78, 5) is 27.8. The van der Waals surface area contributed by atoms with Crippen LogP contribution in [0.1, 0.15) is 65.1 Å². The standard InChI is InChI=1S/C29H37FN4O4/c1-18-14-25-19(16-31-34(25)21-10-8-20(30)9-11-21)15-22(18)24-17-33(27(36)38-29(5,6)7)13-12-23(32-24)26(35)37-28(2,3)4/h8-11,14-16,23-24,32H,12-13,17H2,1-7H3. The minimum Gasteiger partial charge on any atom is -0.459 e. The highest BCUT2D eigenvalue weighted by Gasteiger charge is 2.35. The van der Waals surface area contributed by atoms with Gasteiger partial charge in [-0.3, -0.25) is 10.1 Å². The zero-order valence-electron chi connectivity index (χ0n) is 23.2. The zero-order chi connectivity index (χ0) is 27.8. The number of carbonyl (C=O) groups is 2. The predicted molar refractivity (Wildman–Crippen MR) is 144 cm³/mol. The number of aryl methyl sites for hydroxylation is 1. The molecule has 2 heterocycles. The number of hydrogen-bond donors (Lipinski definition) is 1. The maximum absolute atomic E-state index is 13.5. The number of nitrogens with one attached hydrogen (secondary N) is 1. The lowest BCUT2D eigenvalue weighted by Crippen LogP contribution is -2.43. The molecule has 2 unspecified atom stereocenters. The second-order valence-corrected chi connectivity index (χ2v) is 11.8. The Kier molecular flexibility index (Phi) is 7.52. The molecule has 4 rings (SSSR count). The molecular formula is C29H37FN4O4. The van der Waals surface area contributed by atoms with Gasteiger partial charge in [0.15, 0.2) is 0 Å². The van der Waals surface area contributed by atoms with E-state index >= 15 is 0 Å². The average molecular weight is 525 g/mol. The first kappa shape index (κ1) is 27.6. The topological polar surface area (TPSA) is 85.7 Å². The van der Waals surface area contributed by atoms with Crippen molar-refractivity contribution in [1.29, 1.82) is 0 Å². The number of esters is 1. The summed E-state index contributed by atoms with van der Waals surface area (Å²) in [5.41, 5.74) is 2.27. The van der Waals surface area contributed by atoms with Crippen molar-refractivity contribution in [2.45, 2.75) is 78.2 Å². The van der Waals surface area contributed by atoms with E-state index in [2.05, 4.69) is 10.4 Å². The first-order valence-electron chi connectivity index (χ1n) is 12.9. The summed E-state index contributed by atoms with van der Waals surface area (Å²) in [5, 5.41) is 8.87. The van der Waals surface area contributed by atoms with Crippen molar-refractivity contribution in [3.05, 3.63) is 59.5 Å². The monoisotopic (exact) mass is 524 g/mol. The van der Waals surface area contributed by atoms with E-state index in [0.29, 0.717) is 19.5 Å². The number of amides is 1. The number of benzene rings is 2. The van der Waals surface area contributed by atoms with Crippen LogP contribution in [0.3, 0.4) is 0 Å². The van der Waals surface area contributed by atoms with E-state index in [9.17, 15) is 14.0 Å². The molecular weight excluding hydrogens is 487 g/mol. The number of nitrogens with zero attached hydrogens (tertiary/aromatic N) is 3. The van der Waals surface area contributed by atoms with Crippen molar-refractivity contribution in [2.24, 2.45) is 0 Å². The Bertz CT molecular complexity index is 1280. The van der Waals surface area contributed by atoms with Gasteiger partial charge in [-0.25, -0.2) is 13.9 Å². The van der Waals surface area contributed by atoms with Crippen molar-refractivity contribution >= 4 is 23.0 Å². The molecule has 1 amide bonds. The average Bonchev–Trinajstić information content (AvgIpc) is 3.05. The van der Waals surface area contributed by atoms with Gasteiger partial charge in [-0.05, 0) is 102 Å². The first-order chi connectivity index (χ1) is 17.7. The minimum atomic E-state index is -0.638. The van der Waals surface area contributed by atoms with Gasteiger partial charge in [-0.2, -0.15) is 5.10 Å². The smallest absolute Gasteiger partial charge is 0.410 e. The molecule has 0 radical (unpaired) electrons. The summed E-state index contributed by atoms with van der Waals surface area (Å²) in [6.45, 7) is 13.7. The Morgan fingerprint density at radius 1 is 1.03 bits per heavy atom. The Labute approximate surface area is 223 Å². The van der Waals surface area contributed by atoms with Crippen LogP contribution in [0.4, 0.5) is 9.18 Å². The van der Waals surface area contributed by atoms with Crippen LogP contribution in [-0.4, -0.2) is 57.1 Å². The highest BCUT2D eigenvalue weighted by atomic mass is 19.1. The number of carbonyl (C=O) groups excluding carboxylic acids is 2. The molecule has 2 aromatic carbocycles. The molecule has 3 aromatic rings. The van der Waals surface area contributed by atoms with Gasteiger partial charge >= 0.3 is 12.1 Å². The lowest BCUT2D eigenvalue weighted by molar-refractivity contribution is -0.157. The van der Waals surface area contributed by atoms with E-state index in [-0.39, 0.29) is 17.8 Å². The Hall–Kier alpha value is -3.46. The zero-order valence-corrected chi connectivity index (χ0v) is 23.2. The maximum Gasteiger partial charge on any atom is 0.410 e. The number of halogens is 1. The van der Waals surface area contributed by atoms with Crippen LogP contribution in [-0.2, 0) is 14.3 Å². The molecule has 1 aliphatic heterocycles. The van der Waals surface area contributed by atoms with Gasteiger partial charge < -0.3 is 14.4 Å². The molecule has 8 nitrogen and oxygen atoms in total. The third-order valence-electron chi connectivity index (χ3n) is 6.24. The third-order valence-corrected chi connectivity index (χ3v) is 6.24. The van der Waals surface area contributed by atoms with E-state index in [1.54, 1.807) is 27.9 Å². The molecule has 1 saturated heterocycles. The van der Waals surface area contributed by atoms with E-state index in [1.807, 2.05) is 60.6 Å². The Morgan fingerprint density at radius 3 is 2.32 bits per heavy atom. The summed E-state index contributed by atoms with van der Waals surface area (Å²) in [7, 11) is 0. The van der Waals surface area contributed by atoms with E-state index < -0.39 is 23.3 Å². The molecule has 1 N–H and O–H groups in total.